The Labute approximate surface area is 120 Å². The summed E-state index contributed by atoms with van der Waals surface area (Å²) in [6.07, 6.45) is 0.220. The first-order chi connectivity index (χ1) is 8.60. The van der Waals surface area contributed by atoms with E-state index in [1.807, 2.05) is 0 Å². The molecule has 100 valence electrons. The zero-order chi connectivity index (χ0) is 13.1. The second-order valence-corrected chi connectivity index (χ2v) is 5.69. The normalized spacial score (nSPS) is 25.3. The molecule has 2 unspecified atom stereocenters. The van der Waals surface area contributed by atoms with Crippen molar-refractivity contribution < 1.29 is 9.13 Å². The van der Waals surface area contributed by atoms with Crippen molar-refractivity contribution >= 4 is 27.5 Å². The molecule has 2 rings (SSSR count). The maximum absolute atomic E-state index is 13.1. The number of hydrogen-bond donors (Lipinski definition) is 0. The molecule has 1 aromatic rings. The summed E-state index contributed by atoms with van der Waals surface area (Å²) in [6, 6.07) is 5.27. The van der Waals surface area contributed by atoms with Crippen LogP contribution in [0.1, 0.15) is 12.5 Å². The Morgan fingerprint density at radius 3 is 3.00 bits per heavy atom. The van der Waals surface area contributed by atoms with Crippen LogP contribution in [-0.2, 0) is 11.3 Å². The minimum atomic E-state index is -0.367. The second-order valence-electron chi connectivity index (χ2n) is 4.64. The molecule has 2 nitrogen and oxygen atoms in total. The van der Waals surface area contributed by atoms with Gasteiger partial charge in [0.1, 0.15) is 5.82 Å². The molecule has 18 heavy (non-hydrogen) atoms. The van der Waals surface area contributed by atoms with Gasteiger partial charge in [0.2, 0.25) is 0 Å². The van der Waals surface area contributed by atoms with Gasteiger partial charge >= 0.3 is 0 Å². The highest BCUT2D eigenvalue weighted by atomic mass is 79.9. The highest BCUT2D eigenvalue weighted by Gasteiger charge is 2.25. The molecule has 0 N–H and O–H groups in total. The third-order valence-corrected chi connectivity index (χ3v) is 4.19. The second kappa shape index (κ2) is 6.33. The van der Waals surface area contributed by atoms with Crippen LogP contribution in [-0.4, -0.2) is 35.5 Å². The summed E-state index contributed by atoms with van der Waals surface area (Å²) in [6.45, 7) is 4.51. The van der Waals surface area contributed by atoms with Crippen LogP contribution in [0.5, 0.6) is 0 Å². The number of rotatable bonds is 3. The van der Waals surface area contributed by atoms with Crippen molar-refractivity contribution in [2.24, 2.45) is 0 Å². The van der Waals surface area contributed by atoms with Crippen molar-refractivity contribution in [1.82, 2.24) is 4.90 Å². The fourth-order valence-corrected chi connectivity index (χ4v) is 2.66. The average Bonchev–Trinajstić information content (AvgIpc) is 2.36. The molecule has 0 aliphatic carbocycles. The van der Waals surface area contributed by atoms with E-state index in [9.17, 15) is 4.39 Å². The summed E-state index contributed by atoms with van der Waals surface area (Å²) >= 11 is 9.24. The van der Waals surface area contributed by atoms with E-state index < -0.39 is 0 Å². The highest BCUT2D eigenvalue weighted by Crippen LogP contribution is 2.20. The molecular weight excluding hydrogens is 321 g/mol. The maximum Gasteiger partial charge on any atom is 0.141 e. The first kappa shape index (κ1) is 14.3. The SMILES string of the molecule is CC1COC(CBr)CN1Cc1ccc(F)c(Cl)c1. The smallest absolute Gasteiger partial charge is 0.141 e. The topological polar surface area (TPSA) is 12.5 Å². The van der Waals surface area contributed by atoms with Crippen molar-refractivity contribution in [2.45, 2.75) is 25.6 Å². The van der Waals surface area contributed by atoms with Crippen molar-refractivity contribution in [3.8, 4) is 0 Å². The van der Waals surface area contributed by atoms with Gasteiger partial charge in [-0.3, -0.25) is 4.90 Å². The first-order valence-corrected chi connectivity index (χ1v) is 7.45. The monoisotopic (exact) mass is 335 g/mol. The number of ether oxygens (including phenoxy) is 1. The predicted molar refractivity (Wildman–Crippen MR) is 74.8 cm³/mol. The summed E-state index contributed by atoms with van der Waals surface area (Å²) < 4.78 is 18.8. The van der Waals surface area contributed by atoms with Gasteiger partial charge in [-0.1, -0.05) is 33.6 Å². The molecule has 0 radical (unpaired) electrons. The van der Waals surface area contributed by atoms with E-state index in [2.05, 4.69) is 27.8 Å². The molecule has 1 heterocycles. The lowest BCUT2D eigenvalue weighted by Crippen LogP contribution is -2.48. The van der Waals surface area contributed by atoms with E-state index >= 15 is 0 Å². The largest absolute Gasteiger partial charge is 0.374 e. The van der Waals surface area contributed by atoms with Crippen LogP contribution in [0.2, 0.25) is 5.02 Å². The molecule has 1 fully saturated rings. The third kappa shape index (κ3) is 3.44. The quantitative estimate of drug-likeness (QED) is 0.784. The fraction of sp³-hybridized carbons (Fsp3) is 0.538. The summed E-state index contributed by atoms with van der Waals surface area (Å²) in [4.78, 5) is 2.33. The Bertz CT molecular complexity index is 418. The molecule has 1 aromatic carbocycles. The van der Waals surface area contributed by atoms with Gasteiger partial charge < -0.3 is 4.74 Å². The molecule has 0 bridgehead atoms. The van der Waals surface area contributed by atoms with Gasteiger partial charge in [0, 0.05) is 24.5 Å². The van der Waals surface area contributed by atoms with E-state index in [1.165, 1.54) is 6.07 Å². The lowest BCUT2D eigenvalue weighted by atomic mass is 10.1. The number of hydrogen-bond acceptors (Lipinski definition) is 2. The Hall–Kier alpha value is -0.160. The minimum absolute atomic E-state index is 0.186. The molecule has 1 saturated heterocycles. The van der Waals surface area contributed by atoms with Crippen LogP contribution in [0, 0.1) is 5.82 Å². The van der Waals surface area contributed by atoms with Crippen LogP contribution in [0.25, 0.3) is 0 Å². The fourth-order valence-electron chi connectivity index (χ4n) is 2.06. The van der Waals surface area contributed by atoms with E-state index in [4.69, 9.17) is 16.3 Å². The van der Waals surface area contributed by atoms with Gasteiger partial charge in [0.25, 0.3) is 0 Å². The summed E-state index contributed by atoms with van der Waals surface area (Å²) in [7, 11) is 0. The Kier molecular flexibility index (Phi) is 5.01. The van der Waals surface area contributed by atoms with Gasteiger partial charge in [-0.05, 0) is 24.6 Å². The molecule has 0 saturated carbocycles. The molecule has 1 aliphatic heterocycles. The zero-order valence-electron chi connectivity index (χ0n) is 10.2. The summed E-state index contributed by atoms with van der Waals surface area (Å²) in [5, 5.41) is 1.02. The summed E-state index contributed by atoms with van der Waals surface area (Å²) in [5.41, 5.74) is 1.03. The number of nitrogens with zero attached hydrogens (tertiary/aromatic N) is 1. The third-order valence-electron chi connectivity index (χ3n) is 3.18. The molecule has 0 aromatic heterocycles. The van der Waals surface area contributed by atoms with Crippen molar-refractivity contribution in [3.63, 3.8) is 0 Å². The van der Waals surface area contributed by atoms with Gasteiger partial charge in [-0.15, -0.1) is 0 Å². The van der Waals surface area contributed by atoms with Crippen LogP contribution < -0.4 is 0 Å². The molecule has 0 spiro atoms. The van der Waals surface area contributed by atoms with Gasteiger partial charge in [0.15, 0.2) is 0 Å². The van der Waals surface area contributed by atoms with Crippen LogP contribution >= 0.6 is 27.5 Å². The van der Waals surface area contributed by atoms with Crippen molar-refractivity contribution in [1.29, 1.82) is 0 Å². The number of morpholine rings is 1. The molecule has 1 aliphatic rings. The standard InChI is InChI=1S/C13H16BrClFNO/c1-9-8-18-11(5-14)7-17(9)6-10-2-3-13(16)12(15)4-10/h2-4,9,11H,5-8H2,1H3. The molecular formula is C13H16BrClFNO. The Balaban J connectivity index is 2.04. The predicted octanol–water partition coefficient (Wildman–Crippen LogP) is 3.46. The summed E-state index contributed by atoms with van der Waals surface area (Å²) in [5.74, 6) is -0.367. The Morgan fingerprint density at radius 1 is 1.56 bits per heavy atom. The Morgan fingerprint density at radius 2 is 2.33 bits per heavy atom. The maximum atomic E-state index is 13.1. The van der Waals surface area contributed by atoms with Crippen molar-refractivity contribution in [3.05, 3.63) is 34.6 Å². The molecule has 0 amide bonds. The zero-order valence-corrected chi connectivity index (χ0v) is 12.5. The van der Waals surface area contributed by atoms with Gasteiger partial charge in [0.05, 0.1) is 17.7 Å². The molecule has 2 atom stereocenters. The number of benzene rings is 1. The first-order valence-electron chi connectivity index (χ1n) is 5.95. The van der Waals surface area contributed by atoms with Crippen molar-refractivity contribution in [2.75, 3.05) is 18.5 Å². The van der Waals surface area contributed by atoms with Gasteiger partial charge in [-0.25, -0.2) is 4.39 Å². The van der Waals surface area contributed by atoms with Crippen LogP contribution in [0.15, 0.2) is 18.2 Å². The van der Waals surface area contributed by atoms with Crippen LogP contribution in [0.3, 0.4) is 0 Å². The molecule has 5 heteroatoms. The van der Waals surface area contributed by atoms with E-state index in [0.29, 0.717) is 6.04 Å². The highest BCUT2D eigenvalue weighted by molar-refractivity contribution is 9.09. The lowest BCUT2D eigenvalue weighted by Gasteiger charge is -2.37. The average molecular weight is 337 g/mol. The van der Waals surface area contributed by atoms with E-state index in [0.717, 1.165) is 30.6 Å². The minimum Gasteiger partial charge on any atom is -0.374 e. The van der Waals surface area contributed by atoms with E-state index in [-0.39, 0.29) is 16.9 Å². The van der Waals surface area contributed by atoms with Crippen LogP contribution in [0.4, 0.5) is 4.39 Å². The number of alkyl halides is 1. The lowest BCUT2D eigenvalue weighted by molar-refractivity contribution is -0.0499. The number of halogens is 3. The van der Waals surface area contributed by atoms with E-state index in [1.54, 1.807) is 12.1 Å². The van der Waals surface area contributed by atoms with Gasteiger partial charge in [-0.2, -0.15) is 0 Å².